The van der Waals surface area contributed by atoms with E-state index in [1.807, 2.05) is 30.7 Å². The molecule has 0 amide bonds. The summed E-state index contributed by atoms with van der Waals surface area (Å²) in [6, 6.07) is 14.5. The predicted molar refractivity (Wildman–Crippen MR) is 160 cm³/mol. The normalized spacial score (nSPS) is 19.2. The lowest BCUT2D eigenvalue weighted by atomic mass is 9.91. The van der Waals surface area contributed by atoms with Crippen LogP contribution in [0.25, 0.3) is 32.9 Å². The van der Waals surface area contributed by atoms with Gasteiger partial charge in [-0.15, -0.1) is 5.10 Å². The zero-order valence-corrected chi connectivity index (χ0v) is 23.6. The Balaban J connectivity index is 0.890. The van der Waals surface area contributed by atoms with Gasteiger partial charge < -0.3 is 28.8 Å². The molecule has 0 atom stereocenters. The number of aliphatic hydroxyl groups excluding tert-OH is 1. The Labute approximate surface area is 243 Å². The molecule has 2 aliphatic rings. The third-order valence-corrected chi connectivity index (χ3v) is 8.34. The highest BCUT2D eigenvalue weighted by molar-refractivity contribution is 6.08. The van der Waals surface area contributed by atoms with Crippen molar-refractivity contribution in [1.82, 2.24) is 24.7 Å². The van der Waals surface area contributed by atoms with E-state index in [2.05, 4.69) is 67.0 Å². The van der Waals surface area contributed by atoms with Gasteiger partial charge in [-0.1, -0.05) is 12.1 Å². The molecule has 2 fully saturated rings. The summed E-state index contributed by atoms with van der Waals surface area (Å²) < 4.78 is 20.2. The van der Waals surface area contributed by atoms with Gasteiger partial charge in [0, 0.05) is 85.6 Å². The van der Waals surface area contributed by atoms with E-state index in [-0.39, 0.29) is 31.5 Å². The highest BCUT2D eigenvalue weighted by Gasteiger charge is 2.35. The van der Waals surface area contributed by atoms with Crippen molar-refractivity contribution in [2.24, 2.45) is 7.05 Å². The predicted octanol–water partition coefficient (Wildman–Crippen LogP) is 4.55. The van der Waals surface area contributed by atoms with Gasteiger partial charge >= 0.3 is 0 Å². The van der Waals surface area contributed by atoms with Crippen LogP contribution in [0.2, 0.25) is 0 Å². The van der Waals surface area contributed by atoms with Crippen LogP contribution in [0.4, 0.5) is 5.82 Å². The summed E-state index contributed by atoms with van der Waals surface area (Å²) in [5.41, 5.74) is 4.53. The second-order valence-electron chi connectivity index (χ2n) is 11.0. The van der Waals surface area contributed by atoms with Gasteiger partial charge in [0.25, 0.3) is 0 Å². The van der Waals surface area contributed by atoms with Crippen LogP contribution in [0.3, 0.4) is 0 Å². The molecule has 5 aromatic rings. The van der Waals surface area contributed by atoms with Gasteiger partial charge in [-0.05, 0) is 36.6 Å². The topological polar surface area (TPSA) is 108 Å². The van der Waals surface area contributed by atoms with Gasteiger partial charge in [0.2, 0.25) is 5.88 Å². The molecule has 1 aliphatic carbocycles. The molecule has 7 rings (SSSR count). The summed E-state index contributed by atoms with van der Waals surface area (Å²) in [6.45, 7) is 1.93. The highest BCUT2D eigenvalue weighted by Crippen LogP contribution is 2.33. The SMILES string of the molecule is Cn1c2ccncc2c2ccc(-c3ccc(O[C@H]4C[C@H](OC5CCN(c6cc(OCCO)cnn6)CC5)C4)nc3)cc21. The minimum absolute atomic E-state index is 0.0289. The average molecular weight is 567 g/mol. The number of aryl methyl sites for hydroxylation is 1. The first-order valence-corrected chi connectivity index (χ1v) is 14.6. The minimum Gasteiger partial charge on any atom is -0.489 e. The molecule has 0 unspecified atom stereocenters. The monoisotopic (exact) mass is 566 g/mol. The van der Waals surface area contributed by atoms with Gasteiger partial charge in [-0.25, -0.2) is 4.98 Å². The number of hydrogen-bond acceptors (Lipinski definition) is 9. The molecule has 1 aliphatic heterocycles. The number of aromatic nitrogens is 5. The maximum absolute atomic E-state index is 8.96. The average Bonchev–Trinajstić information content (AvgIpc) is 3.31. The smallest absolute Gasteiger partial charge is 0.213 e. The van der Waals surface area contributed by atoms with E-state index in [1.165, 1.54) is 21.8 Å². The summed E-state index contributed by atoms with van der Waals surface area (Å²) >= 11 is 0. The molecule has 1 saturated carbocycles. The van der Waals surface area contributed by atoms with E-state index in [1.54, 1.807) is 6.20 Å². The Kier molecular flexibility index (Phi) is 7.31. The molecule has 1 saturated heterocycles. The van der Waals surface area contributed by atoms with Crippen molar-refractivity contribution in [2.45, 2.75) is 44.0 Å². The van der Waals surface area contributed by atoms with Crippen molar-refractivity contribution in [2.75, 3.05) is 31.2 Å². The fourth-order valence-electron chi connectivity index (χ4n) is 5.98. The molecule has 1 N–H and O–H groups in total. The molecule has 0 bridgehead atoms. The summed E-state index contributed by atoms with van der Waals surface area (Å²) in [6.07, 6.45) is 11.5. The number of fused-ring (bicyclic) bond motifs is 3. The van der Waals surface area contributed by atoms with Crippen LogP contribution in [0.5, 0.6) is 11.6 Å². The van der Waals surface area contributed by atoms with Crippen LogP contribution in [-0.2, 0) is 11.8 Å². The van der Waals surface area contributed by atoms with Gasteiger partial charge in [-0.2, -0.15) is 5.10 Å². The van der Waals surface area contributed by atoms with E-state index in [4.69, 9.17) is 19.3 Å². The van der Waals surface area contributed by atoms with Gasteiger partial charge in [0.15, 0.2) is 5.82 Å². The van der Waals surface area contributed by atoms with Crippen LogP contribution in [-0.4, -0.2) is 74.5 Å². The fraction of sp³-hybridized carbons (Fsp3) is 0.375. The summed E-state index contributed by atoms with van der Waals surface area (Å²) in [4.78, 5) is 11.1. The van der Waals surface area contributed by atoms with Crippen LogP contribution in [0.1, 0.15) is 25.7 Å². The lowest BCUT2D eigenvalue weighted by molar-refractivity contribution is -0.102. The Morgan fingerprint density at radius 1 is 0.881 bits per heavy atom. The molecule has 216 valence electrons. The van der Waals surface area contributed by atoms with Crippen molar-refractivity contribution in [1.29, 1.82) is 0 Å². The Morgan fingerprint density at radius 3 is 2.55 bits per heavy atom. The van der Waals surface area contributed by atoms with Crippen LogP contribution >= 0.6 is 0 Å². The summed E-state index contributed by atoms with van der Waals surface area (Å²) in [5, 5.41) is 19.6. The van der Waals surface area contributed by atoms with E-state index in [0.717, 1.165) is 55.7 Å². The second-order valence-corrected chi connectivity index (χ2v) is 11.0. The third-order valence-electron chi connectivity index (χ3n) is 8.34. The number of rotatable bonds is 9. The fourth-order valence-corrected chi connectivity index (χ4v) is 5.98. The van der Waals surface area contributed by atoms with E-state index in [0.29, 0.717) is 11.6 Å². The number of hydrogen-bond donors (Lipinski definition) is 1. The van der Waals surface area contributed by atoms with E-state index in [9.17, 15) is 0 Å². The number of anilines is 1. The first kappa shape index (κ1) is 26.6. The molecule has 5 heterocycles. The molecule has 10 nitrogen and oxygen atoms in total. The van der Waals surface area contributed by atoms with E-state index >= 15 is 0 Å². The molecular weight excluding hydrogens is 532 g/mol. The zero-order valence-electron chi connectivity index (χ0n) is 23.6. The van der Waals surface area contributed by atoms with Gasteiger partial charge in [-0.3, -0.25) is 4.98 Å². The molecular formula is C32H34N6O4. The van der Waals surface area contributed by atoms with Crippen molar-refractivity contribution in [3.05, 3.63) is 67.3 Å². The first-order valence-electron chi connectivity index (χ1n) is 14.6. The molecule has 4 aromatic heterocycles. The Morgan fingerprint density at radius 2 is 1.74 bits per heavy atom. The van der Waals surface area contributed by atoms with Crippen molar-refractivity contribution >= 4 is 27.6 Å². The molecule has 0 radical (unpaired) electrons. The Hall–Kier alpha value is -4.28. The van der Waals surface area contributed by atoms with Crippen LogP contribution < -0.4 is 14.4 Å². The largest absolute Gasteiger partial charge is 0.489 e. The number of aliphatic hydroxyl groups is 1. The quantitative estimate of drug-likeness (QED) is 0.275. The maximum Gasteiger partial charge on any atom is 0.213 e. The highest BCUT2D eigenvalue weighted by atomic mass is 16.5. The van der Waals surface area contributed by atoms with Crippen LogP contribution in [0.15, 0.2) is 67.3 Å². The standard InChI is InChI=1S/C32H34N6O4/c1-37-29-6-9-33-20-28(29)27-4-2-21(14-30(27)37)22-3-5-32(34-18-22)42-25-15-24(16-25)41-23-7-10-38(11-8-23)31-17-26(19-35-36-31)40-13-12-39/h2-6,9,14,17-20,23-25,39H,7-8,10-13,15-16H2,1H3/t24-,25-. The molecule has 10 heteroatoms. The Bertz CT molecular complexity index is 1680. The van der Waals surface area contributed by atoms with Gasteiger partial charge in [0.05, 0.1) is 30.5 Å². The minimum atomic E-state index is -0.0289. The number of nitrogens with zero attached hydrogens (tertiary/aromatic N) is 6. The third kappa shape index (κ3) is 5.35. The van der Waals surface area contributed by atoms with Crippen molar-refractivity contribution in [3.8, 4) is 22.8 Å². The maximum atomic E-state index is 8.96. The van der Waals surface area contributed by atoms with Crippen molar-refractivity contribution in [3.63, 3.8) is 0 Å². The number of ether oxygens (including phenoxy) is 3. The second kappa shape index (κ2) is 11.5. The van der Waals surface area contributed by atoms with Gasteiger partial charge in [0.1, 0.15) is 18.5 Å². The number of benzene rings is 1. The number of piperidine rings is 1. The van der Waals surface area contributed by atoms with Crippen LogP contribution in [0, 0.1) is 0 Å². The molecule has 42 heavy (non-hydrogen) atoms. The summed E-state index contributed by atoms with van der Waals surface area (Å²) in [5.74, 6) is 2.07. The zero-order chi connectivity index (χ0) is 28.5. The molecule has 0 spiro atoms. The summed E-state index contributed by atoms with van der Waals surface area (Å²) in [7, 11) is 2.09. The van der Waals surface area contributed by atoms with E-state index < -0.39 is 0 Å². The first-order chi connectivity index (χ1) is 20.6. The lowest BCUT2D eigenvalue weighted by Crippen LogP contribution is -2.44. The lowest BCUT2D eigenvalue weighted by Gasteiger charge is -2.39. The van der Waals surface area contributed by atoms with Crippen molar-refractivity contribution < 1.29 is 19.3 Å². The number of pyridine rings is 2. The molecule has 1 aromatic carbocycles.